The molecule has 90 valence electrons. The molecule has 0 amide bonds. The molecule has 0 aliphatic rings. The predicted molar refractivity (Wildman–Crippen MR) is 70.7 cm³/mol. The van der Waals surface area contributed by atoms with E-state index in [1.165, 1.54) is 24.4 Å². The monoisotopic (exact) mass is 306 g/mol. The summed E-state index contributed by atoms with van der Waals surface area (Å²) in [4.78, 5) is 4.01. The first kappa shape index (κ1) is 12.3. The molecule has 3 N–H and O–H groups in total. The molecule has 0 bridgehead atoms. The summed E-state index contributed by atoms with van der Waals surface area (Å²) in [5.74, 6) is -0.0485. The molecule has 0 saturated heterocycles. The van der Waals surface area contributed by atoms with Gasteiger partial charge in [-0.05, 0) is 40.2 Å². The lowest BCUT2D eigenvalue weighted by Gasteiger charge is -2.09. The topological polar surface area (TPSA) is 74.7 Å². The van der Waals surface area contributed by atoms with E-state index in [1.807, 2.05) is 6.07 Å². The van der Waals surface area contributed by atoms with E-state index in [-0.39, 0.29) is 5.82 Å². The first-order chi connectivity index (χ1) is 8.60. The molecule has 0 spiro atoms. The van der Waals surface area contributed by atoms with Crippen LogP contribution in [0.1, 0.15) is 5.56 Å². The lowest BCUT2D eigenvalue weighted by Crippen LogP contribution is -1.99. The van der Waals surface area contributed by atoms with Crippen molar-refractivity contribution >= 4 is 33.1 Å². The molecule has 2 rings (SSSR count). The summed E-state index contributed by atoms with van der Waals surface area (Å²) in [5.41, 5.74) is 6.73. The van der Waals surface area contributed by atoms with Crippen molar-refractivity contribution < 1.29 is 4.39 Å². The van der Waals surface area contributed by atoms with Gasteiger partial charge in [0, 0.05) is 4.47 Å². The van der Waals surface area contributed by atoms with Gasteiger partial charge in [-0.2, -0.15) is 5.26 Å². The van der Waals surface area contributed by atoms with E-state index >= 15 is 0 Å². The summed E-state index contributed by atoms with van der Waals surface area (Å²) < 4.78 is 13.8. The van der Waals surface area contributed by atoms with E-state index in [2.05, 4.69) is 26.2 Å². The molecule has 1 heterocycles. The number of aromatic nitrogens is 1. The molecular weight excluding hydrogens is 299 g/mol. The van der Waals surface area contributed by atoms with Gasteiger partial charge in [0.1, 0.15) is 17.7 Å². The average Bonchev–Trinajstić information content (AvgIpc) is 2.36. The maximum atomic E-state index is 13.1. The first-order valence-corrected chi connectivity index (χ1v) is 5.77. The highest BCUT2D eigenvalue weighted by molar-refractivity contribution is 9.10. The van der Waals surface area contributed by atoms with Crippen LogP contribution >= 0.6 is 15.9 Å². The van der Waals surface area contributed by atoms with Gasteiger partial charge in [0.25, 0.3) is 0 Å². The molecule has 2 aromatic rings. The van der Waals surface area contributed by atoms with Gasteiger partial charge in [-0.3, -0.25) is 0 Å². The standard InChI is InChI=1S/C12H8BrFN4/c13-10-2-1-8(14)4-11(10)18-12-7(5-15)3-9(16)6-17-12/h1-4,6H,16H2,(H,17,18). The minimum atomic E-state index is -0.380. The highest BCUT2D eigenvalue weighted by Gasteiger charge is 2.07. The lowest BCUT2D eigenvalue weighted by molar-refractivity contribution is 0.628. The number of nitrogens with one attached hydrogen (secondary N) is 1. The minimum absolute atomic E-state index is 0.297. The second-order valence-electron chi connectivity index (χ2n) is 3.53. The molecule has 0 aliphatic carbocycles. The van der Waals surface area contributed by atoms with Gasteiger partial charge < -0.3 is 11.1 Å². The van der Waals surface area contributed by atoms with Crippen molar-refractivity contribution in [1.82, 2.24) is 4.98 Å². The number of nitrogens with two attached hydrogens (primary N) is 1. The van der Waals surface area contributed by atoms with Crippen molar-refractivity contribution in [2.24, 2.45) is 0 Å². The fourth-order valence-corrected chi connectivity index (χ4v) is 1.73. The van der Waals surface area contributed by atoms with Gasteiger partial charge >= 0.3 is 0 Å². The van der Waals surface area contributed by atoms with Crippen LogP contribution in [-0.4, -0.2) is 4.98 Å². The smallest absolute Gasteiger partial charge is 0.148 e. The van der Waals surface area contributed by atoms with Gasteiger partial charge in [-0.15, -0.1) is 0 Å². The third kappa shape index (κ3) is 2.57. The van der Waals surface area contributed by atoms with E-state index in [4.69, 9.17) is 11.0 Å². The van der Waals surface area contributed by atoms with Crippen molar-refractivity contribution in [2.45, 2.75) is 0 Å². The van der Waals surface area contributed by atoms with Crippen LogP contribution in [0.25, 0.3) is 0 Å². The quantitative estimate of drug-likeness (QED) is 0.893. The van der Waals surface area contributed by atoms with E-state index in [1.54, 1.807) is 6.07 Å². The molecular formula is C12H8BrFN4. The number of nitrogen functional groups attached to an aromatic ring is 1. The van der Waals surface area contributed by atoms with Gasteiger partial charge in [-0.1, -0.05) is 0 Å². The van der Waals surface area contributed by atoms with Crippen LogP contribution in [0.5, 0.6) is 0 Å². The van der Waals surface area contributed by atoms with Crippen molar-refractivity contribution in [2.75, 3.05) is 11.1 Å². The third-order valence-electron chi connectivity index (χ3n) is 2.21. The van der Waals surface area contributed by atoms with Crippen molar-refractivity contribution in [1.29, 1.82) is 5.26 Å². The zero-order valence-corrected chi connectivity index (χ0v) is 10.7. The second kappa shape index (κ2) is 5.02. The largest absolute Gasteiger partial charge is 0.397 e. The van der Waals surface area contributed by atoms with E-state index < -0.39 is 0 Å². The van der Waals surface area contributed by atoms with E-state index in [0.717, 1.165) is 0 Å². The van der Waals surface area contributed by atoms with Gasteiger partial charge in [0.2, 0.25) is 0 Å². The fraction of sp³-hybridized carbons (Fsp3) is 0. The van der Waals surface area contributed by atoms with Crippen LogP contribution in [-0.2, 0) is 0 Å². The number of pyridine rings is 1. The Bertz CT molecular complexity index is 636. The third-order valence-corrected chi connectivity index (χ3v) is 2.90. The van der Waals surface area contributed by atoms with Crippen molar-refractivity contribution in [3.8, 4) is 6.07 Å². The Balaban J connectivity index is 2.40. The maximum Gasteiger partial charge on any atom is 0.148 e. The molecule has 4 nitrogen and oxygen atoms in total. The summed E-state index contributed by atoms with van der Waals surface area (Å²) in [5, 5.41) is 11.9. The summed E-state index contributed by atoms with van der Waals surface area (Å²) in [6, 6.07) is 7.69. The number of nitriles is 1. The second-order valence-corrected chi connectivity index (χ2v) is 4.38. The zero-order chi connectivity index (χ0) is 13.1. The average molecular weight is 307 g/mol. The summed E-state index contributed by atoms with van der Waals surface area (Å²) in [7, 11) is 0. The molecule has 0 atom stereocenters. The number of hydrogen-bond acceptors (Lipinski definition) is 4. The molecule has 1 aromatic carbocycles. The van der Waals surface area contributed by atoms with Gasteiger partial charge in [0.05, 0.1) is 23.1 Å². The van der Waals surface area contributed by atoms with Crippen LogP contribution in [0.4, 0.5) is 21.6 Å². The Kier molecular flexibility index (Phi) is 3.44. The van der Waals surface area contributed by atoms with Gasteiger partial charge in [0.15, 0.2) is 0 Å². The lowest BCUT2D eigenvalue weighted by atomic mass is 10.2. The normalized spacial score (nSPS) is 9.83. The Morgan fingerprint density at radius 3 is 2.89 bits per heavy atom. The number of halogens is 2. The number of anilines is 3. The van der Waals surface area contributed by atoms with Crippen LogP contribution in [0.15, 0.2) is 34.9 Å². The SMILES string of the molecule is N#Cc1cc(N)cnc1Nc1cc(F)ccc1Br. The number of nitrogens with zero attached hydrogens (tertiary/aromatic N) is 2. The highest BCUT2D eigenvalue weighted by Crippen LogP contribution is 2.27. The Labute approximate surface area is 111 Å². The van der Waals surface area contributed by atoms with Crippen LogP contribution in [0, 0.1) is 17.1 Å². The number of rotatable bonds is 2. The Hall–Kier alpha value is -2.13. The molecule has 0 aliphatic heterocycles. The summed E-state index contributed by atoms with van der Waals surface area (Å²) in [6.07, 6.45) is 1.43. The number of benzene rings is 1. The number of hydrogen-bond donors (Lipinski definition) is 2. The van der Waals surface area contributed by atoms with Crippen LogP contribution in [0.2, 0.25) is 0 Å². The first-order valence-electron chi connectivity index (χ1n) is 4.98. The van der Waals surface area contributed by atoms with E-state index in [9.17, 15) is 4.39 Å². The van der Waals surface area contributed by atoms with Crippen molar-refractivity contribution in [3.63, 3.8) is 0 Å². The summed E-state index contributed by atoms with van der Waals surface area (Å²) in [6.45, 7) is 0. The minimum Gasteiger partial charge on any atom is -0.397 e. The Morgan fingerprint density at radius 2 is 2.17 bits per heavy atom. The highest BCUT2D eigenvalue weighted by atomic mass is 79.9. The van der Waals surface area contributed by atoms with Gasteiger partial charge in [-0.25, -0.2) is 9.37 Å². The zero-order valence-electron chi connectivity index (χ0n) is 9.11. The maximum absolute atomic E-state index is 13.1. The van der Waals surface area contributed by atoms with Crippen LogP contribution < -0.4 is 11.1 Å². The summed E-state index contributed by atoms with van der Waals surface area (Å²) >= 11 is 3.28. The molecule has 0 unspecified atom stereocenters. The van der Waals surface area contributed by atoms with E-state index in [0.29, 0.717) is 27.2 Å². The molecule has 0 fully saturated rings. The predicted octanol–water partition coefficient (Wildman–Crippen LogP) is 3.18. The van der Waals surface area contributed by atoms with Crippen molar-refractivity contribution in [3.05, 3.63) is 46.3 Å². The molecule has 0 radical (unpaired) electrons. The molecule has 18 heavy (non-hydrogen) atoms. The molecule has 0 saturated carbocycles. The molecule has 6 heteroatoms. The Morgan fingerprint density at radius 1 is 1.39 bits per heavy atom. The molecule has 1 aromatic heterocycles. The van der Waals surface area contributed by atoms with Crippen LogP contribution in [0.3, 0.4) is 0 Å². The fourth-order valence-electron chi connectivity index (χ4n) is 1.39.